The van der Waals surface area contributed by atoms with Crippen molar-refractivity contribution < 1.29 is 23.8 Å². The average Bonchev–Trinajstić information content (AvgIpc) is 3.04. The summed E-state index contributed by atoms with van der Waals surface area (Å²) in [5, 5.41) is 0.415. The van der Waals surface area contributed by atoms with Gasteiger partial charge in [0.05, 0.1) is 83.8 Å². The molecule has 11 nitrogen and oxygen atoms in total. The molecular formula is C36H45ClN6O5. The summed E-state index contributed by atoms with van der Waals surface area (Å²) >= 11 is 6.64. The number of hydrogen-bond acceptors (Lipinski definition) is 11. The normalized spacial score (nSPS) is 16.3. The molecule has 256 valence electrons. The molecule has 1 aromatic carbocycles. The Morgan fingerprint density at radius 2 is 1.40 bits per heavy atom. The first kappa shape index (κ1) is 36.8. The number of methoxy groups -OCH3 is 1. The summed E-state index contributed by atoms with van der Waals surface area (Å²) in [5.41, 5.74) is 8.78. The zero-order valence-electron chi connectivity index (χ0n) is 29.3. The first-order valence-corrected chi connectivity index (χ1v) is 16.4. The van der Waals surface area contributed by atoms with Crippen molar-refractivity contribution in [2.75, 3.05) is 33.5 Å². The molecule has 3 heterocycles. The van der Waals surface area contributed by atoms with E-state index in [2.05, 4.69) is 14.9 Å². The summed E-state index contributed by atoms with van der Waals surface area (Å²) in [5.74, 6) is -2.73. The molecule has 0 saturated heterocycles. The Morgan fingerprint density at radius 1 is 0.833 bits per heavy atom. The van der Waals surface area contributed by atoms with Crippen molar-refractivity contribution in [3.63, 3.8) is 0 Å². The van der Waals surface area contributed by atoms with E-state index in [1.165, 1.54) is 7.11 Å². The molecule has 1 aliphatic heterocycles. The van der Waals surface area contributed by atoms with Crippen LogP contribution in [0.3, 0.4) is 0 Å². The van der Waals surface area contributed by atoms with E-state index in [-0.39, 0.29) is 18.8 Å². The van der Waals surface area contributed by atoms with E-state index >= 15 is 0 Å². The lowest BCUT2D eigenvalue weighted by Gasteiger charge is -2.32. The molecule has 0 radical (unpaired) electrons. The van der Waals surface area contributed by atoms with Crippen molar-refractivity contribution >= 4 is 29.3 Å². The molecule has 0 fully saturated rings. The number of carbonyl (C=O) groups is 2. The Morgan fingerprint density at radius 3 is 1.94 bits per heavy atom. The third-order valence-corrected chi connectivity index (χ3v) is 8.95. The number of hydrogen-bond donors (Lipinski definition) is 0. The molecule has 2 aromatic heterocycles. The molecule has 0 bridgehead atoms. The molecule has 4 rings (SSSR count). The van der Waals surface area contributed by atoms with E-state index in [1.807, 2.05) is 47.6 Å². The van der Waals surface area contributed by atoms with Crippen molar-refractivity contribution in [3.8, 4) is 0 Å². The quantitative estimate of drug-likeness (QED) is 0.165. The molecule has 2 unspecified atom stereocenters. The Labute approximate surface area is 287 Å². The molecule has 2 atom stereocenters. The van der Waals surface area contributed by atoms with Gasteiger partial charge in [-0.3, -0.25) is 34.6 Å². The van der Waals surface area contributed by atoms with Gasteiger partial charge in [0.1, 0.15) is 5.92 Å². The fraction of sp³-hybridized carbons (Fsp3) is 0.472. The zero-order valence-corrected chi connectivity index (χ0v) is 30.1. The van der Waals surface area contributed by atoms with Gasteiger partial charge in [0, 0.05) is 36.3 Å². The third-order valence-electron chi connectivity index (χ3n) is 8.60. The molecule has 3 aromatic rings. The van der Waals surface area contributed by atoms with Crippen LogP contribution in [0.25, 0.3) is 0 Å². The van der Waals surface area contributed by atoms with Crippen LogP contribution in [0.5, 0.6) is 0 Å². The number of rotatable bonds is 13. The van der Waals surface area contributed by atoms with Gasteiger partial charge < -0.3 is 14.2 Å². The molecule has 12 heteroatoms. The SMILES string of the molecule is CCOC(=O)C1=C(COCCN(Cc2nc(C)c(C)nc2C)Cc2nc(C)c(C)nc2C)N=C(C)C(C(=O)OC)C1c1ccccc1Cl. The van der Waals surface area contributed by atoms with Crippen LogP contribution >= 0.6 is 11.6 Å². The van der Waals surface area contributed by atoms with Gasteiger partial charge in [-0.1, -0.05) is 29.8 Å². The number of ether oxygens (including phenoxy) is 3. The third kappa shape index (κ3) is 8.50. The molecule has 0 N–H and O–H groups in total. The van der Waals surface area contributed by atoms with Gasteiger partial charge >= 0.3 is 11.9 Å². The minimum Gasteiger partial charge on any atom is -0.468 e. The van der Waals surface area contributed by atoms with E-state index in [0.717, 1.165) is 45.6 Å². The second-order valence-corrected chi connectivity index (χ2v) is 12.4. The number of halogens is 1. The highest BCUT2D eigenvalue weighted by atomic mass is 35.5. The number of nitrogens with zero attached hydrogens (tertiary/aromatic N) is 6. The standard InChI is InChI=1S/C36H45ClN6O5/c1-10-48-36(45)34-31(42-26(8)32(35(44)46-9)33(34)27-13-11-12-14-28(27)37)19-47-16-15-43(17-29-24(6)38-20(2)22(4)40-29)18-30-25(7)39-21(3)23(5)41-30/h11-14,32-33H,10,15-19H2,1-9H3. The second kappa shape index (κ2) is 16.4. The van der Waals surface area contributed by atoms with E-state index in [4.69, 9.17) is 40.8 Å². The summed E-state index contributed by atoms with van der Waals surface area (Å²) in [6.07, 6.45) is 0. The molecular weight excluding hydrogens is 632 g/mol. The predicted octanol–water partition coefficient (Wildman–Crippen LogP) is 5.65. The monoisotopic (exact) mass is 676 g/mol. The Balaban J connectivity index is 1.64. The van der Waals surface area contributed by atoms with Crippen molar-refractivity contribution in [2.24, 2.45) is 10.9 Å². The second-order valence-electron chi connectivity index (χ2n) is 12.0. The first-order chi connectivity index (χ1) is 22.9. The predicted molar refractivity (Wildman–Crippen MR) is 184 cm³/mol. The smallest absolute Gasteiger partial charge is 0.336 e. The Kier molecular flexibility index (Phi) is 12.5. The fourth-order valence-corrected chi connectivity index (χ4v) is 6.07. The summed E-state index contributed by atoms with van der Waals surface area (Å²) in [4.78, 5) is 52.6. The van der Waals surface area contributed by atoms with Crippen LogP contribution in [0.2, 0.25) is 5.02 Å². The number of aromatic nitrogens is 4. The van der Waals surface area contributed by atoms with Crippen LogP contribution in [0, 0.1) is 47.5 Å². The Hall–Kier alpha value is -4.06. The van der Waals surface area contributed by atoms with Crippen molar-refractivity contribution in [3.05, 3.63) is 91.7 Å². The Bertz CT molecular complexity index is 1680. The molecule has 0 amide bonds. The summed E-state index contributed by atoms with van der Waals surface area (Å²) < 4.78 is 16.9. The number of aliphatic imine (C=N–C) groups is 1. The highest BCUT2D eigenvalue weighted by Crippen LogP contribution is 2.42. The molecule has 48 heavy (non-hydrogen) atoms. The minimum atomic E-state index is -0.863. The lowest BCUT2D eigenvalue weighted by Crippen LogP contribution is -2.37. The first-order valence-electron chi connectivity index (χ1n) is 16.0. The van der Waals surface area contributed by atoms with Gasteiger partial charge in [-0.2, -0.15) is 0 Å². The topological polar surface area (TPSA) is 129 Å². The number of carbonyl (C=O) groups excluding carboxylic acids is 2. The molecule has 0 aliphatic carbocycles. The van der Waals surface area contributed by atoms with Crippen molar-refractivity contribution in [1.29, 1.82) is 0 Å². The maximum Gasteiger partial charge on any atom is 0.336 e. The number of esters is 2. The van der Waals surface area contributed by atoms with Gasteiger partial charge in [0.15, 0.2) is 0 Å². The summed E-state index contributed by atoms with van der Waals surface area (Å²) in [7, 11) is 1.31. The van der Waals surface area contributed by atoms with Crippen LogP contribution in [0.1, 0.15) is 70.9 Å². The average molecular weight is 677 g/mol. The molecule has 1 aliphatic rings. The highest BCUT2D eigenvalue weighted by molar-refractivity contribution is 6.31. The van der Waals surface area contributed by atoms with Crippen LogP contribution in [-0.2, 0) is 36.9 Å². The maximum absolute atomic E-state index is 13.5. The van der Waals surface area contributed by atoms with E-state index < -0.39 is 23.8 Å². The summed E-state index contributed by atoms with van der Waals surface area (Å²) in [6.45, 7) is 17.3. The van der Waals surface area contributed by atoms with Gasteiger partial charge in [0.25, 0.3) is 0 Å². The minimum absolute atomic E-state index is 0.0130. The molecule has 0 saturated carbocycles. The lowest BCUT2D eigenvalue weighted by molar-refractivity contribution is -0.144. The molecule has 0 spiro atoms. The van der Waals surface area contributed by atoms with Gasteiger partial charge in [-0.25, -0.2) is 4.79 Å². The van der Waals surface area contributed by atoms with Crippen molar-refractivity contribution in [1.82, 2.24) is 24.8 Å². The zero-order chi connectivity index (χ0) is 35.1. The van der Waals surface area contributed by atoms with Crippen LogP contribution in [0.4, 0.5) is 0 Å². The van der Waals surface area contributed by atoms with E-state index in [0.29, 0.717) is 48.2 Å². The number of benzene rings is 1. The lowest BCUT2D eigenvalue weighted by atomic mass is 9.75. The maximum atomic E-state index is 13.5. The largest absolute Gasteiger partial charge is 0.468 e. The van der Waals surface area contributed by atoms with Crippen LogP contribution in [0.15, 0.2) is 40.5 Å². The van der Waals surface area contributed by atoms with E-state index in [1.54, 1.807) is 32.0 Å². The van der Waals surface area contributed by atoms with Crippen molar-refractivity contribution in [2.45, 2.75) is 74.4 Å². The van der Waals surface area contributed by atoms with Gasteiger partial charge in [-0.05, 0) is 67.0 Å². The summed E-state index contributed by atoms with van der Waals surface area (Å²) in [6, 6.07) is 7.13. The fourth-order valence-electron chi connectivity index (χ4n) is 5.81. The van der Waals surface area contributed by atoms with Gasteiger partial charge in [0.2, 0.25) is 0 Å². The highest BCUT2D eigenvalue weighted by Gasteiger charge is 2.43. The van der Waals surface area contributed by atoms with Crippen LogP contribution in [-0.4, -0.2) is 76.0 Å². The van der Waals surface area contributed by atoms with Crippen LogP contribution < -0.4 is 0 Å². The van der Waals surface area contributed by atoms with E-state index in [9.17, 15) is 9.59 Å². The number of aryl methyl sites for hydroxylation is 6. The van der Waals surface area contributed by atoms with Gasteiger partial charge in [-0.15, -0.1) is 0 Å².